The lowest BCUT2D eigenvalue weighted by atomic mass is 9.92. The van der Waals surface area contributed by atoms with Gasteiger partial charge in [-0.2, -0.15) is 0 Å². The van der Waals surface area contributed by atoms with Crippen molar-refractivity contribution in [3.05, 3.63) is 29.8 Å². The molecular formula is C14H21NO. The standard InChI is InChI=1S/C14H21NO/c1-15-14(12-4-2-3-5-12)10-11-6-8-13(16)9-7-11/h6-9,12,14-16H,2-5,10H2,1H3. The van der Waals surface area contributed by atoms with Crippen molar-refractivity contribution in [3.8, 4) is 5.75 Å². The van der Waals surface area contributed by atoms with Crippen molar-refractivity contribution in [1.82, 2.24) is 5.32 Å². The number of rotatable bonds is 4. The van der Waals surface area contributed by atoms with Crippen LogP contribution in [0.1, 0.15) is 31.2 Å². The molecule has 1 saturated carbocycles. The maximum atomic E-state index is 9.24. The third-order valence-electron chi connectivity index (χ3n) is 3.73. The average molecular weight is 219 g/mol. The van der Waals surface area contributed by atoms with Crippen LogP contribution in [0.3, 0.4) is 0 Å². The molecule has 1 atom stereocenters. The summed E-state index contributed by atoms with van der Waals surface area (Å²) in [6.07, 6.45) is 6.57. The second-order valence-electron chi connectivity index (χ2n) is 4.81. The zero-order valence-corrected chi connectivity index (χ0v) is 9.95. The van der Waals surface area contributed by atoms with Crippen molar-refractivity contribution in [2.24, 2.45) is 5.92 Å². The number of nitrogens with one attached hydrogen (secondary N) is 1. The summed E-state index contributed by atoms with van der Waals surface area (Å²) in [7, 11) is 2.06. The van der Waals surface area contributed by atoms with E-state index in [-0.39, 0.29) is 0 Å². The summed E-state index contributed by atoms with van der Waals surface area (Å²) in [5.41, 5.74) is 1.31. The van der Waals surface area contributed by atoms with Crippen LogP contribution in [-0.2, 0) is 6.42 Å². The molecular weight excluding hydrogens is 198 g/mol. The summed E-state index contributed by atoms with van der Waals surface area (Å²) in [6, 6.07) is 8.18. The van der Waals surface area contributed by atoms with Gasteiger partial charge >= 0.3 is 0 Å². The fourth-order valence-electron chi connectivity index (χ4n) is 2.75. The van der Waals surface area contributed by atoms with Crippen LogP contribution < -0.4 is 5.32 Å². The fourth-order valence-corrected chi connectivity index (χ4v) is 2.75. The lowest BCUT2D eigenvalue weighted by Crippen LogP contribution is -2.34. The van der Waals surface area contributed by atoms with E-state index >= 15 is 0 Å². The van der Waals surface area contributed by atoms with Crippen LogP contribution in [0.5, 0.6) is 5.75 Å². The smallest absolute Gasteiger partial charge is 0.115 e. The minimum absolute atomic E-state index is 0.352. The van der Waals surface area contributed by atoms with Gasteiger partial charge in [0.2, 0.25) is 0 Å². The van der Waals surface area contributed by atoms with Gasteiger partial charge in [-0.3, -0.25) is 0 Å². The van der Waals surface area contributed by atoms with Gasteiger partial charge in [0.05, 0.1) is 0 Å². The first-order valence-electron chi connectivity index (χ1n) is 6.25. The molecule has 0 amide bonds. The Labute approximate surface area is 97.7 Å². The van der Waals surface area contributed by atoms with E-state index in [1.807, 2.05) is 12.1 Å². The minimum atomic E-state index is 0.352. The zero-order chi connectivity index (χ0) is 11.4. The average Bonchev–Trinajstić information content (AvgIpc) is 2.82. The Morgan fingerprint density at radius 1 is 1.25 bits per heavy atom. The van der Waals surface area contributed by atoms with Gasteiger partial charge in [-0.05, 0) is 49.9 Å². The van der Waals surface area contributed by atoms with E-state index in [2.05, 4.69) is 12.4 Å². The third-order valence-corrected chi connectivity index (χ3v) is 3.73. The Balaban J connectivity index is 1.97. The van der Waals surface area contributed by atoms with Gasteiger partial charge in [0.15, 0.2) is 0 Å². The number of hydrogen-bond acceptors (Lipinski definition) is 2. The highest BCUT2D eigenvalue weighted by atomic mass is 16.3. The van der Waals surface area contributed by atoms with Gasteiger partial charge in [-0.1, -0.05) is 25.0 Å². The van der Waals surface area contributed by atoms with Gasteiger partial charge in [0.1, 0.15) is 5.75 Å². The lowest BCUT2D eigenvalue weighted by molar-refractivity contribution is 0.377. The summed E-state index contributed by atoms with van der Waals surface area (Å²) >= 11 is 0. The number of hydrogen-bond donors (Lipinski definition) is 2. The quantitative estimate of drug-likeness (QED) is 0.816. The Bertz CT molecular complexity index is 314. The fraction of sp³-hybridized carbons (Fsp3) is 0.571. The van der Waals surface area contributed by atoms with Crippen molar-refractivity contribution < 1.29 is 5.11 Å². The minimum Gasteiger partial charge on any atom is -0.508 e. The van der Waals surface area contributed by atoms with Crippen LogP contribution in [0.4, 0.5) is 0 Å². The molecule has 0 aliphatic heterocycles. The molecule has 2 rings (SSSR count). The molecule has 16 heavy (non-hydrogen) atoms. The molecule has 88 valence electrons. The first-order chi connectivity index (χ1) is 7.79. The van der Waals surface area contributed by atoms with Gasteiger partial charge in [-0.15, -0.1) is 0 Å². The second-order valence-corrected chi connectivity index (χ2v) is 4.81. The summed E-state index contributed by atoms with van der Waals surface area (Å²) in [4.78, 5) is 0. The number of aromatic hydroxyl groups is 1. The van der Waals surface area contributed by atoms with Gasteiger partial charge in [0, 0.05) is 6.04 Å². The van der Waals surface area contributed by atoms with Crippen LogP contribution in [0.15, 0.2) is 24.3 Å². The molecule has 2 nitrogen and oxygen atoms in total. The second kappa shape index (κ2) is 5.35. The van der Waals surface area contributed by atoms with Gasteiger partial charge < -0.3 is 10.4 Å². The first-order valence-corrected chi connectivity index (χ1v) is 6.25. The normalized spacial score (nSPS) is 18.8. The van der Waals surface area contributed by atoms with E-state index < -0.39 is 0 Å². The molecule has 2 N–H and O–H groups in total. The van der Waals surface area contributed by atoms with Crippen molar-refractivity contribution in [3.63, 3.8) is 0 Å². The SMILES string of the molecule is CNC(Cc1ccc(O)cc1)C1CCCC1. The predicted molar refractivity (Wildman–Crippen MR) is 66.6 cm³/mol. The van der Waals surface area contributed by atoms with Gasteiger partial charge in [-0.25, -0.2) is 0 Å². The molecule has 2 heteroatoms. The highest BCUT2D eigenvalue weighted by molar-refractivity contribution is 5.26. The molecule has 1 aromatic carbocycles. The lowest BCUT2D eigenvalue weighted by Gasteiger charge is -2.23. The Morgan fingerprint density at radius 2 is 1.88 bits per heavy atom. The number of likely N-dealkylation sites (N-methyl/N-ethyl adjacent to an activating group) is 1. The Hall–Kier alpha value is -1.02. The molecule has 0 aromatic heterocycles. The molecule has 0 heterocycles. The van der Waals surface area contributed by atoms with E-state index in [9.17, 15) is 5.11 Å². The van der Waals surface area contributed by atoms with Gasteiger partial charge in [0.25, 0.3) is 0 Å². The zero-order valence-electron chi connectivity index (χ0n) is 9.95. The van der Waals surface area contributed by atoms with E-state index in [4.69, 9.17) is 0 Å². The molecule has 1 aliphatic rings. The molecule has 1 unspecified atom stereocenters. The van der Waals surface area contributed by atoms with Crippen LogP contribution in [0, 0.1) is 5.92 Å². The first kappa shape index (κ1) is 11.5. The Morgan fingerprint density at radius 3 is 2.44 bits per heavy atom. The number of benzene rings is 1. The summed E-state index contributed by atoms with van der Waals surface area (Å²) in [6.45, 7) is 0. The van der Waals surface area contributed by atoms with E-state index in [1.54, 1.807) is 12.1 Å². The topological polar surface area (TPSA) is 32.3 Å². The van der Waals surface area contributed by atoms with Crippen LogP contribution >= 0.6 is 0 Å². The van der Waals surface area contributed by atoms with Crippen molar-refractivity contribution in [2.45, 2.75) is 38.1 Å². The summed E-state index contributed by atoms with van der Waals surface area (Å²) in [5.74, 6) is 1.18. The maximum Gasteiger partial charge on any atom is 0.115 e. The molecule has 1 fully saturated rings. The predicted octanol–water partition coefficient (Wildman–Crippen LogP) is 2.71. The highest BCUT2D eigenvalue weighted by Gasteiger charge is 2.23. The van der Waals surface area contributed by atoms with Crippen molar-refractivity contribution in [1.29, 1.82) is 0 Å². The summed E-state index contributed by atoms with van der Waals surface area (Å²) < 4.78 is 0. The summed E-state index contributed by atoms with van der Waals surface area (Å²) in [5, 5.41) is 12.7. The monoisotopic (exact) mass is 219 g/mol. The van der Waals surface area contributed by atoms with Crippen LogP contribution in [-0.4, -0.2) is 18.2 Å². The number of phenols is 1. The van der Waals surface area contributed by atoms with Crippen molar-refractivity contribution >= 4 is 0 Å². The molecule has 0 spiro atoms. The molecule has 0 bridgehead atoms. The van der Waals surface area contributed by atoms with E-state index in [0.717, 1.165) is 12.3 Å². The van der Waals surface area contributed by atoms with E-state index in [0.29, 0.717) is 11.8 Å². The Kier molecular flexibility index (Phi) is 3.83. The van der Waals surface area contributed by atoms with Crippen molar-refractivity contribution in [2.75, 3.05) is 7.05 Å². The van der Waals surface area contributed by atoms with Crippen LogP contribution in [0.25, 0.3) is 0 Å². The maximum absolute atomic E-state index is 9.24. The third kappa shape index (κ3) is 2.76. The largest absolute Gasteiger partial charge is 0.508 e. The van der Waals surface area contributed by atoms with E-state index in [1.165, 1.54) is 31.2 Å². The van der Waals surface area contributed by atoms with Crippen LogP contribution in [0.2, 0.25) is 0 Å². The highest BCUT2D eigenvalue weighted by Crippen LogP contribution is 2.29. The molecule has 1 aromatic rings. The molecule has 0 saturated heterocycles. The molecule has 1 aliphatic carbocycles. The molecule has 0 radical (unpaired) electrons. The number of phenolic OH excluding ortho intramolecular Hbond substituents is 1.